The van der Waals surface area contributed by atoms with Crippen molar-refractivity contribution in [3.63, 3.8) is 0 Å². The first-order valence-corrected chi connectivity index (χ1v) is 8.84. The van der Waals surface area contributed by atoms with E-state index in [-0.39, 0.29) is 12.0 Å². The molecule has 0 bridgehead atoms. The number of rotatable bonds is 5. The molecule has 3 rings (SSSR count). The summed E-state index contributed by atoms with van der Waals surface area (Å²) < 4.78 is 5.88. The van der Waals surface area contributed by atoms with Crippen molar-refractivity contribution >= 4 is 5.91 Å². The van der Waals surface area contributed by atoms with E-state index in [1.54, 1.807) is 0 Å². The van der Waals surface area contributed by atoms with E-state index in [0.29, 0.717) is 18.5 Å². The van der Waals surface area contributed by atoms with Crippen LogP contribution in [0.15, 0.2) is 24.3 Å². The smallest absolute Gasteiger partial charge is 0.251 e. The van der Waals surface area contributed by atoms with Crippen LogP contribution in [0.3, 0.4) is 0 Å². The summed E-state index contributed by atoms with van der Waals surface area (Å²) in [6.45, 7) is 7.93. The number of nitrogens with one attached hydrogen (secondary N) is 1. The molecule has 23 heavy (non-hydrogen) atoms. The van der Waals surface area contributed by atoms with Gasteiger partial charge in [0.25, 0.3) is 5.91 Å². The lowest BCUT2D eigenvalue weighted by Crippen LogP contribution is -2.50. The van der Waals surface area contributed by atoms with Gasteiger partial charge in [-0.25, -0.2) is 0 Å². The molecule has 0 saturated carbocycles. The van der Waals surface area contributed by atoms with E-state index in [0.717, 1.165) is 25.1 Å². The Balaban J connectivity index is 1.47. The highest BCUT2D eigenvalue weighted by atomic mass is 16.5. The van der Waals surface area contributed by atoms with E-state index in [2.05, 4.69) is 36.2 Å². The summed E-state index contributed by atoms with van der Waals surface area (Å²) in [5.74, 6) is 0.626. The predicted molar refractivity (Wildman–Crippen MR) is 91.7 cm³/mol. The van der Waals surface area contributed by atoms with Crippen LogP contribution in [0.25, 0.3) is 0 Å². The summed E-state index contributed by atoms with van der Waals surface area (Å²) in [7, 11) is 0. The van der Waals surface area contributed by atoms with E-state index in [1.807, 2.05) is 12.1 Å². The van der Waals surface area contributed by atoms with Crippen molar-refractivity contribution in [3.8, 4) is 0 Å². The summed E-state index contributed by atoms with van der Waals surface area (Å²) in [5, 5.41) is 3.02. The second kappa shape index (κ2) is 7.45. The van der Waals surface area contributed by atoms with E-state index in [9.17, 15) is 4.79 Å². The number of ether oxygens (including phenoxy) is 1. The molecule has 0 aromatic heterocycles. The molecular formula is C19H28N2O2. The number of hydrogen-bond acceptors (Lipinski definition) is 3. The van der Waals surface area contributed by atoms with Gasteiger partial charge in [0.05, 0.1) is 12.7 Å². The van der Waals surface area contributed by atoms with Gasteiger partial charge in [0.2, 0.25) is 0 Å². The van der Waals surface area contributed by atoms with Crippen LogP contribution in [-0.4, -0.2) is 49.2 Å². The molecule has 0 spiro atoms. The minimum atomic E-state index is -0.00626. The van der Waals surface area contributed by atoms with Gasteiger partial charge in [0.1, 0.15) is 0 Å². The molecule has 2 heterocycles. The van der Waals surface area contributed by atoms with Gasteiger partial charge in [0, 0.05) is 24.7 Å². The molecule has 0 radical (unpaired) electrons. The van der Waals surface area contributed by atoms with Gasteiger partial charge >= 0.3 is 0 Å². The van der Waals surface area contributed by atoms with Crippen molar-refractivity contribution in [3.05, 3.63) is 35.4 Å². The molecule has 126 valence electrons. The van der Waals surface area contributed by atoms with Gasteiger partial charge in [-0.1, -0.05) is 26.0 Å². The van der Waals surface area contributed by atoms with Crippen LogP contribution in [-0.2, 0) is 11.2 Å². The van der Waals surface area contributed by atoms with Crippen molar-refractivity contribution in [2.75, 3.05) is 26.2 Å². The maximum absolute atomic E-state index is 12.3. The lowest BCUT2D eigenvalue weighted by molar-refractivity contribution is -0.0461. The van der Waals surface area contributed by atoms with Gasteiger partial charge in [-0.3, -0.25) is 9.69 Å². The van der Waals surface area contributed by atoms with Gasteiger partial charge in [-0.15, -0.1) is 0 Å². The van der Waals surface area contributed by atoms with Gasteiger partial charge in [-0.2, -0.15) is 0 Å². The van der Waals surface area contributed by atoms with Crippen molar-refractivity contribution in [2.45, 2.75) is 45.3 Å². The fourth-order valence-electron chi connectivity index (χ4n) is 3.58. The fraction of sp³-hybridized carbons (Fsp3) is 0.632. The second-order valence-electron chi connectivity index (χ2n) is 7.25. The van der Waals surface area contributed by atoms with E-state index in [4.69, 9.17) is 4.74 Å². The average molecular weight is 316 g/mol. The molecule has 2 aliphatic rings. The maximum Gasteiger partial charge on any atom is 0.251 e. The first-order valence-electron chi connectivity index (χ1n) is 8.84. The molecule has 1 amide bonds. The van der Waals surface area contributed by atoms with Crippen LogP contribution in [0.5, 0.6) is 0 Å². The standard InChI is InChI=1S/C19H28N2O2/c1-14(2)10-15-5-7-16(8-6-15)19(22)20-11-18-12-21-9-3-4-17(21)13-23-18/h5-8,14,17-18H,3-4,9-13H2,1-2H3,(H,20,22)/t17-,18+/m1/s1. The molecule has 1 aromatic carbocycles. The van der Waals surface area contributed by atoms with Crippen molar-refractivity contribution in [1.82, 2.24) is 10.2 Å². The van der Waals surface area contributed by atoms with E-state index < -0.39 is 0 Å². The Hall–Kier alpha value is -1.39. The monoisotopic (exact) mass is 316 g/mol. The minimum Gasteiger partial charge on any atom is -0.373 e. The number of morpholine rings is 1. The SMILES string of the molecule is CC(C)Cc1ccc(C(=O)NC[C@H]2CN3CCC[C@@H]3CO2)cc1. The number of benzene rings is 1. The number of fused-ring (bicyclic) bond motifs is 1. The topological polar surface area (TPSA) is 41.6 Å². The lowest BCUT2D eigenvalue weighted by atomic mass is 10.0. The molecule has 0 aliphatic carbocycles. The first-order chi connectivity index (χ1) is 11.1. The third-order valence-electron chi connectivity index (χ3n) is 4.81. The maximum atomic E-state index is 12.3. The van der Waals surface area contributed by atoms with E-state index in [1.165, 1.54) is 24.9 Å². The molecule has 0 unspecified atom stereocenters. The highest BCUT2D eigenvalue weighted by molar-refractivity contribution is 5.94. The summed E-state index contributed by atoms with van der Waals surface area (Å²) >= 11 is 0. The van der Waals surface area contributed by atoms with Crippen LogP contribution in [0, 0.1) is 5.92 Å². The second-order valence-corrected chi connectivity index (χ2v) is 7.25. The lowest BCUT2D eigenvalue weighted by Gasteiger charge is -2.35. The van der Waals surface area contributed by atoms with Crippen LogP contribution < -0.4 is 5.32 Å². The third kappa shape index (κ3) is 4.33. The summed E-state index contributed by atoms with van der Waals surface area (Å²) in [6.07, 6.45) is 3.69. The highest BCUT2D eigenvalue weighted by Gasteiger charge is 2.32. The summed E-state index contributed by atoms with van der Waals surface area (Å²) in [6, 6.07) is 8.56. The normalized spacial score (nSPS) is 24.7. The quantitative estimate of drug-likeness (QED) is 0.907. The Morgan fingerprint density at radius 3 is 2.87 bits per heavy atom. The van der Waals surface area contributed by atoms with Gasteiger partial charge < -0.3 is 10.1 Å². The molecule has 4 heteroatoms. The van der Waals surface area contributed by atoms with E-state index >= 15 is 0 Å². The Morgan fingerprint density at radius 1 is 1.35 bits per heavy atom. The van der Waals surface area contributed by atoms with Crippen molar-refractivity contribution in [1.29, 1.82) is 0 Å². The van der Waals surface area contributed by atoms with Gasteiger partial charge in [-0.05, 0) is 49.4 Å². The third-order valence-corrected chi connectivity index (χ3v) is 4.81. The molecule has 2 aliphatic heterocycles. The Bertz CT molecular complexity index is 527. The van der Waals surface area contributed by atoms with Crippen molar-refractivity contribution in [2.24, 2.45) is 5.92 Å². The van der Waals surface area contributed by atoms with Crippen LogP contribution in [0.4, 0.5) is 0 Å². The minimum absolute atomic E-state index is 0.00626. The largest absolute Gasteiger partial charge is 0.373 e. The Morgan fingerprint density at radius 2 is 2.13 bits per heavy atom. The number of hydrogen-bond donors (Lipinski definition) is 1. The summed E-state index contributed by atoms with van der Waals surface area (Å²) in [5.41, 5.74) is 2.01. The number of carbonyl (C=O) groups is 1. The molecular weight excluding hydrogens is 288 g/mol. The molecule has 2 atom stereocenters. The molecule has 4 nitrogen and oxygen atoms in total. The zero-order valence-corrected chi connectivity index (χ0v) is 14.3. The molecule has 1 N–H and O–H groups in total. The molecule has 2 saturated heterocycles. The van der Waals surface area contributed by atoms with Gasteiger partial charge in [0.15, 0.2) is 0 Å². The number of amides is 1. The zero-order chi connectivity index (χ0) is 16.2. The van der Waals surface area contributed by atoms with Crippen LogP contribution in [0.2, 0.25) is 0 Å². The number of nitrogens with zero attached hydrogens (tertiary/aromatic N) is 1. The predicted octanol–water partition coefficient (Wildman–Crippen LogP) is 2.48. The van der Waals surface area contributed by atoms with Crippen LogP contribution in [0.1, 0.15) is 42.6 Å². The fourth-order valence-corrected chi connectivity index (χ4v) is 3.58. The Labute approximate surface area is 139 Å². The number of carbonyl (C=O) groups excluding carboxylic acids is 1. The highest BCUT2D eigenvalue weighted by Crippen LogP contribution is 2.22. The van der Waals surface area contributed by atoms with Crippen LogP contribution >= 0.6 is 0 Å². The Kier molecular flexibility index (Phi) is 5.34. The molecule has 1 aromatic rings. The van der Waals surface area contributed by atoms with Crippen molar-refractivity contribution < 1.29 is 9.53 Å². The average Bonchev–Trinajstić information content (AvgIpc) is 3.00. The summed E-state index contributed by atoms with van der Waals surface area (Å²) in [4.78, 5) is 14.8. The molecule has 2 fully saturated rings. The zero-order valence-electron chi connectivity index (χ0n) is 14.3. The first kappa shape index (κ1) is 16.5.